The first kappa shape index (κ1) is 15.5. The van der Waals surface area contributed by atoms with Gasteiger partial charge in [-0.15, -0.1) is 0 Å². The van der Waals surface area contributed by atoms with Crippen molar-refractivity contribution in [1.82, 2.24) is 9.88 Å². The third-order valence-electron chi connectivity index (χ3n) is 4.79. The Morgan fingerprint density at radius 1 is 1.21 bits per heavy atom. The summed E-state index contributed by atoms with van der Waals surface area (Å²) in [4.78, 5) is 12.1. The maximum Gasteiger partial charge on any atom is 0.160 e. The summed E-state index contributed by atoms with van der Waals surface area (Å²) in [7, 11) is 1.74. The number of hydrogen-bond donors (Lipinski definition) is 0. The Labute approximate surface area is 147 Å². The van der Waals surface area contributed by atoms with E-state index in [4.69, 9.17) is 9.73 Å². The van der Waals surface area contributed by atoms with Crippen LogP contribution in [0.5, 0.6) is 5.75 Å². The number of hydrogen-bond acceptors (Lipinski definition) is 5. The van der Waals surface area contributed by atoms with Crippen LogP contribution in [0, 0.1) is 0 Å². The van der Waals surface area contributed by atoms with Crippen molar-refractivity contribution in [1.29, 1.82) is 0 Å². The lowest BCUT2D eigenvalue weighted by Crippen LogP contribution is -2.35. The molecule has 0 radical (unpaired) electrons. The molecule has 0 amide bonds. The van der Waals surface area contributed by atoms with Crippen molar-refractivity contribution < 1.29 is 4.74 Å². The van der Waals surface area contributed by atoms with E-state index in [1.807, 2.05) is 42.2 Å². The number of aliphatic imine (C=N–C) groups is 1. The average Bonchev–Trinajstić information content (AvgIpc) is 3.21. The van der Waals surface area contributed by atoms with E-state index in [0.717, 1.165) is 28.8 Å². The minimum atomic E-state index is 0.0133. The Kier molecular flexibility index (Phi) is 4.19. The molecular formula is C19H21N3OS. The van der Waals surface area contributed by atoms with Crippen molar-refractivity contribution >= 4 is 16.9 Å². The molecule has 24 heavy (non-hydrogen) atoms. The molecule has 1 saturated heterocycles. The average molecular weight is 339 g/mol. The summed E-state index contributed by atoms with van der Waals surface area (Å²) in [5.74, 6) is 2.03. The molecule has 2 aliphatic rings. The number of ether oxygens (including phenoxy) is 1. The van der Waals surface area contributed by atoms with Crippen molar-refractivity contribution in [3.63, 3.8) is 0 Å². The first-order chi connectivity index (χ1) is 11.8. The highest BCUT2D eigenvalue weighted by Gasteiger charge is 2.46. The minimum absolute atomic E-state index is 0.0133. The number of amidine groups is 1. The molecule has 0 spiro atoms. The van der Waals surface area contributed by atoms with Crippen LogP contribution < -0.4 is 4.74 Å². The summed E-state index contributed by atoms with van der Waals surface area (Å²) in [6.07, 6.45) is 2.97. The SMILES string of the molecule is CC[C@@H]1CSC2=N[C@@H](c3ccccn3)[C@@H](c3ccccc3OC)N21. The Morgan fingerprint density at radius 3 is 2.79 bits per heavy atom. The summed E-state index contributed by atoms with van der Waals surface area (Å²) in [5.41, 5.74) is 2.21. The molecule has 5 heteroatoms. The quantitative estimate of drug-likeness (QED) is 0.841. The molecule has 4 nitrogen and oxygen atoms in total. The van der Waals surface area contributed by atoms with Gasteiger partial charge in [-0.2, -0.15) is 0 Å². The van der Waals surface area contributed by atoms with Crippen LogP contribution in [0.15, 0.2) is 53.7 Å². The number of nitrogens with zero attached hydrogens (tertiary/aromatic N) is 3. The van der Waals surface area contributed by atoms with Crippen LogP contribution in [0.4, 0.5) is 0 Å². The van der Waals surface area contributed by atoms with Crippen LogP contribution >= 0.6 is 11.8 Å². The molecule has 2 aliphatic heterocycles. The highest BCUT2D eigenvalue weighted by Crippen LogP contribution is 2.50. The van der Waals surface area contributed by atoms with E-state index in [1.54, 1.807) is 7.11 Å². The van der Waals surface area contributed by atoms with Crippen LogP contribution in [-0.4, -0.2) is 34.0 Å². The Hall–Kier alpha value is -2.01. The first-order valence-corrected chi connectivity index (χ1v) is 9.34. The summed E-state index contributed by atoms with van der Waals surface area (Å²) in [6, 6.07) is 15.0. The second-order valence-electron chi connectivity index (χ2n) is 6.08. The van der Waals surface area contributed by atoms with Gasteiger partial charge in [0.25, 0.3) is 0 Å². The smallest absolute Gasteiger partial charge is 0.160 e. The Bertz CT molecular complexity index is 749. The summed E-state index contributed by atoms with van der Waals surface area (Å²) in [5, 5.41) is 1.15. The van der Waals surface area contributed by atoms with Crippen molar-refractivity contribution in [2.45, 2.75) is 31.5 Å². The van der Waals surface area contributed by atoms with E-state index >= 15 is 0 Å². The standard InChI is InChI=1S/C19H21N3OS/c1-3-13-12-24-19-21-17(15-9-6-7-11-20-15)18(22(13)19)14-8-4-5-10-16(14)23-2/h4-11,13,17-18H,3,12H2,1-2H3/t13-,17+,18-/m1/s1. The Morgan fingerprint density at radius 2 is 2.04 bits per heavy atom. The highest BCUT2D eigenvalue weighted by molar-refractivity contribution is 8.14. The number of methoxy groups -OCH3 is 1. The summed E-state index contributed by atoms with van der Waals surface area (Å²) in [6.45, 7) is 2.25. The number of pyridine rings is 1. The second-order valence-corrected chi connectivity index (χ2v) is 7.07. The van der Waals surface area contributed by atoms with Gasteiger partial charge in [0.2, 0.25) is 0 Å². The van der Waals surface area contributed by atoms with Crippen LogP contribution in [0.1, 0.15) is 36.7 Å². The van der Waals surface area contributed by atoms with Crippen LogP contribution in [-0.2, 0) is 0 Å². The van der Waals surface area contributed by atoms with Gasteiger partial charge >= 0.3 is 0 Å². The number of benzene rings is 1. The van der Waals surface area contributed by atoms with Crippen molar-refractivity contribution in [3.8, 4) is 5.75 Å². The summed E-state index contributed by atoms with van der Waals surface area (Å²) < 4.78 is 5.65. The third kappa shape index (κ3) is 2.47. The molecule has 3 atom stereocenters. The van der Waals surface area contributed by atoms with Gasteiger partial charge in [0.15, 0.2) is 5.17 Å². The molecule has 0 aliphatic carbocycles. The summed E-state index contributed by atoms with van der Waals surface area (Å²) >= 11 is 1.86. The van der Waals surface area contributed by atoms with Gasteiger partial charge < -0.3 is 9.64 Å². The predicted octanol–water partition coefficient (Wildman–Crippen LogP) is 4.07. The van der Waals surface area contributed by atoms with Gasteiger partial charge in [-0.25, -0.2) is 0 Å². The lowest BCUT2D eigenvalue weighted by molar-refractivity contribution is 0.249. The maximum atomic E-state index is 5.65. The van der Waals surface area contributed by atoms with Gasteiger partial charge in [-0.1, -0.05) is 43.0 Å². The van der Waals surface area contributed by atoms with Crippen molar-refractivity contribution in [2.24, 2.45) is 4.99 Å². The molecule has 0 unspecified atom stereocenters. The molecule has 3 heterocycles. The van der Waals surface area contributed by atoms with Gasteiger partial charge in [0, 0.05) is 23.6 Å². The third-order valence-corrected chi connectivity index (χ3v) is 5.91. The van der Waals surface area contributed by atoms with E-state index in [1.165, 1.54) is 5.56 Å². The molecule has 4 rings (SSSR count). The fourth-order valence-corrected chi connectivity index (χ4v) is 4.94. The lowest BCUT2D eigenvalue weighted by atomic mass is 9.94. The van der Waals surface area contributed by atoms with Gasteiger partial charge in [-0.05, 0) is 24.6 Å². The van der Waals surface area contributed by atoms with E-state index in [2.05, 4.69) is 35.0 Å². The largest absolute Gasteiger partial charge is 0.496 e. The predicted molar refractivity (Wildman–Crippen MR) is 98.5 cm³/mol. The fraction of sp³-hybridized carbons (Fsp3) is 0.368. The zero-order valence-electron chi connectivity index (χ0n) is 13.9. The lowest BCUT2D eigenvalue weighted by Gasteiger charge is -2.32. The van der Waals surface area contributed by atoms with E-state index in [9.17, 15) is 0 Å². The second kappa shape index (κ2) is 6.48. The van der Waals surface area contributed by atoms with Crippen LogP contribution in [0.3, 0.4) is 0 Å². The highest BCUT2D eigenvalue weighted by atomic mass is 32.2. The van der Waals surface area contributed by atoms with Crippen molar-refractivity contribution in [2.75, 3.05) is 12.9 Å². The Balaban J connectivity index is 1.83. The van der Waals surface area contributed by atoms with Crippen LogP contribution in [0.2, 0.25) is 0 Å². The zero-order valence-corrected chi connectivity index (χ0v) is 14.7. The molecule has 1 fully saturated rings. The molecule has 1 aromatic heterocycles. The number of rotatable bonds is 4. The molecule has 1 aromatic carbocycles. The zero-order chi connectivity index (χ0) is 16.5. The number of aromatic nitrogens is 1. The molecule has 0 bridgehead atoms. The first-order valence-electron chi connectivity index (χ1n) is 8.36. The molecule has 0 saturated carbocycles. The van der Waals surface area contributed by atoms with Gasteiger partial charge in [0.1, 0.15) is 11.8 Å². The topological polar surface area (TPSA) is 37.7 Å². The number of thioether (sulfide) groups is 1. The van der Waals surface area contributed by atoms with E-state index < -0.39 is 0 Å². The fourth-order valence-electron chi connectivity index (χ4n) is 3.60. The van der Waals surface area contributed by atoms with Gasteiger partial charge in [-0.3, -0.25) is 9.98 Å². The van der Waals surface area contributed by atoms with Crippen LogP contribution in [0.25, 0.3) is 0 Å². The number of para-hydroxylation sites is 1. The minimum Gasteiger partial charge on any atom is -0.496 e. The molecule has 2 aromatic rings. The molecule has 124 valence electrons. The maximum absolute atomic E-state index is 5.65. The van der Waals surface area contributed by atoms with Crippen molar-refractivity contribution in [3.05, 3.63) is 59.9 Å². The number of fused-ring (bicyclic) bond motifs is 1. The van der Waals surface area contributed by atoms with E-state index in [-0.39, 0.29) is 12.1 Å². The molecule has 0 N–H and O–H groups in total. The monoisotopic (exact) mass is 339 g/mol. The normalized spacial score (nSPS) is 25.5. The van der Waals surface area contributed by atoms with E-state index in [0.29, 0.717) is 6.04 Å². The molecular weight excluding hydrogens is 318 g/mol. The van der Waals surface area contributed by atoms with Gasteiger partial charge in [0.05, 0.1) is 18.8 Å².